The summed E-state index contributed by atoms with van der Waals surface area (Å²) in [7, 11) is 0. The van der Waals surface area contributed by atoms with Crippen molar-refractivity contribution in [3.8, 4) is 0 Å². The standard InChI is InChI=1S/C21H23ClN2O2S/c1-16(25)23-11-13-24(14-12-23)20(26)15-27-21(17-5-3-2-4-6-17)18-7-9-19(22)10-8-18/h2-10,21H,11-15H2,1H3. The number of rotatable bonds is 5. The number of carbonyl (C=O) groups excluding carboxylic acids is 2. The second-order valence-electron chi connectivity index (χ2n) is 6.54. The van der Waals surface area contributed by atoms with Crippen molar-refractivity contribution in [2.45, 2.75) is 12.2 Å². The molecule has 2 aromatic rings. The summed E-state index contributed by atoms with van der Waals surface area (Å²) in [5.41, 5.74) is 2.30. The third kappa shape index (κ3) is 5.27. The Hall–Kier alpha value is -1.98. The number of piperazine rings is 1. The average Bonchev–Trinajstić information content (AvgIpc) is 2.70. The first-order chi connectivity index (χ1) is 13.0. The Morgan fingerprint density at radius 1 is 0.926 bits per heavy atom. The van der Waals surface area contributed by atoms with E-state index < -0.39 is 0 Å². The highest BCUT2D eigenvalue weighted by Crippen LogP contribution is 2.36. The molecule has 3 rings (SSSR count). The maximum absolute atomic E-state index is 12.7. The van der Waals surface area contributed by atoms with E-state index in [0.717, 1.165) is 5.56 Å². The van der Waals surface area contributed by atoms with Crippen molar-refractivity contribution in [2.24, 2.45) is 0 Å². The van der Waals surface area contributed by atoms with Crippen LogP contribution in [0.25, 0.3) is 0 Å². The monoisotopic (exact) mass is 402 g/mol. The van der Waals surface area contributed by atoms with Crippen molar-refractivity contribution in [1.29, 1.82) is 0 Å². The molecule has 4 nitrogen and oxygen atoms in total. The quantitative estimate of drug-likeness (QED) is 0.762. The molecule has 1 heterocycles. The summed E-state index contributed by atoms with van der Waals surface area (Å²) in [4.78, 5) is 27.8. The Bertz CT molecular complexity index is 775. The molecule has 0 bridgehead atoms. The predicted molar refractivity (Wildman–Crippen MR) is 111 cm³/mol. The third-order valence-electron chi connectivity index (χ3n) is 4.73. The van der Waals surface area contributed by atoms with Crippen LogP contribution < -0.4 is 0 Å². The van der Waals surface area contributed by atoms with E-state index in [0.29, 0.717) is 37.0 Å². The zero-order valence-corrected chi connectivity index (χ0v) is 16.9. The molecule has 0 saturated carbocycles. The highest BCUT2D eigenvalue weighted by Gasteiger charge is 2.24. The summed E-state index contributed by atoms with van der Waals surface area (Å²) in [5.74, 6) is 0.601. The number of hydrogen-bond donors (Lipinski definition) is 0. The van der Waals surface area contributed by atoms with Crippen molar-refractivity contribution in [3.05, 3.63) is 70.7 Å². The predicted octanol–water partition coefficient (Wildman–Crippen LogP) is 3.85. The van der Waals surface area contributed by atoms with Gasteiger partial charge in [-0.1, -0.05) is 54.1 Å². The van der Waals surface area contributed by atoms with E-state index >= 15 is 0 Å². The maximum Gasteiger partial charge on any atom is 0.232 e. The Balaban J connectivity index is 1.65. The lowest BCUT2D eigenvalue weighted by atomic mass is 10.0. The zero-order chi connectivity index (χ0) is 19.2. The number of carbonyl (C=O) groups is 2. The molecule has 2 aromatic carbocycles. The van der Waals surface area contributed by atoms with E-state index in [1.807, 2.05) is 47.4 Å². The zero-order valence-electron chi connectivity index (χ0n) is 15.3. The molecule has 0 aliphatic carbocycles. The van der Waals surface area contributed by atoms with Gasteiger partial charge in [0.05, 0.1) is 11.0 Å². The second kappa shape index (κ2) is 9.29. The molecule has 0 radical (unpaired) electrons. The van der Waals surface area contributed by atoms with Gasteiger partial charge >= 0.3 is 0 Å². The Morgan fingerprint density at radius 2 is 1.48 bits per heavy atom. The molecule has 0 N–H and O–H groups in total. The second-order valence-corrected chi connectivity index (χ2v) is 8.07. The fourth-order valence-corrected chi connectivity index (χ4v) is 4.48. The molecule has 1 aliphatic rings. The summed E-state index contributed by atoms with van der Waals surface area (Å²) in [6.07, 6.45) is 0. The Kier molecular flexibility index (Phi) is 6.80. The van der Waals surface area contributed by atoms with Gasteiger partial charge < -0.3 is 9.80 Å². The number of thioether (sulfide) groups is 1. The van der Waals surface area contributed by atoms with Crippen LogP contribution in [0.15, 0.2) is 54.6 Å². The van der Waals surface area contributed by atoms with Gasteiger partial charge in [0, 0.05) is 38.1 Å². The molecule has 1 fully saturated rings. The fourth-order valence-electron chi connectivity index (χ4n) is 3.17. The van der Waals surface area contributed by atoms with Crippen LogP contribution in [-0.2, 0) is 9.59 Å². The molecule has 1 saturated heterocycles. The molecule has 27 heavy (non-hydrogen) atoms. The van der Waals surface area contributed by atoms with Gasteiger partial charge in [-0.15, -0.1) is 11.8 Å². The number of amides is 2. The smallest absolute Gasteiger partial charge is 0.232 e. The topological polar surface area (TPSA) is 40.6 Å². The van der Waals surface area contributed by atoms with Gasteiger partial charge in [0.15, 0.2) is 0 Å². The summed E-state index contributed by atoms with van der Waals surface area (Å²) in [5, 5.41) is 0.779. The third-order valence-corrected chi connectivity index (χ3v) is 6.27. The van der Waals surface area contributed by atoms with Crippen LogP contribution in [0.1, 0.15) is 23.3 Å². The van der Waals surface area contributed by atoms with Crippen molar-refractivity contribution < 1.29 is 9.59 Å². The average molecular weight is 403 g/mol. The SMILES string of the molecule is CC(=O)N1CCN(C(=O)CSC(c2ccccc2)c2ccc(Cl)cc2)CC1. The first-order valence-corrected chi connectivity index (χ1v) is 10.4. The number of benzene rings is 2. The summed E-state index contributed by atoms with van der Waals surface area (Å²) in [6.45, 7) is 4.02. The van der Waals surface area contributed by atoms with Crippen LogP contribution in [0.2, 0.25) is 5.02 Å². The molecule has 6 heteroatoms. The van der Waals surface area contributed by atoms with Crippen LogP contribution in [0.3, 0.4) is 0 Å². The largest absolute Gasteiger partial charge is 0.339 e. The van der Waals surface area contributed by atoms with Gasteiger partial charge in [0.2, 0.25) is 11.8 Å². The number of hydrogen-bond acceptors (Lipinski definition) is 3. The Morgan fingerprint density at radius 3 is 2.07 bits per heavy atom. The molecule has 1 atom stereocenters. The Labute approximate surface area is 169 Å². The highest BCUT2D eigenvalue weighted by atomic mass is 35.5. The van der Waals surface area contributed by atoms with E-state index in [1.54, 1.807) is 23.6 Å². The molecule has 1 unspecified atom stereocenters. The summed E-state index contributed by atoms with van der Waals surface area (Å²) < 4.78 is 0. The minimum Gasteiger partial charge on any atom is -0.339 e. The lowest BCUT2D eigenvalue weighted by molar-refractivity contribution is -0.136. The summed E-state index contributed by atoms with van der Waals surface area (Å²) in [6, 6.07) is 18.0. The molecule has 0 aromatic heterocycles. The summed E-state index contributed by atoms with van der Waals surface area (Å²) >= 11 is 7.66. The lowest BCUT2D eigenvalue weighted by Gasteiger charge is -2.34. The van der Waals surface area contributed by atoms with Gasteiger partial charge in [0.25, 0.3) is 0 Å². The molecule has 142 valence electrons. The minimum atomic E-state index is 0.0726. The highest BCUT2D eigenvalue weighted by molar-refractivity contribution is 8.00. The van der Waals surface area contributed by atoms with Gasteiger partial charge in [0.1, 0.15) is 0 Å². The fraction of sp³-hybridized carbons (Fsp3) is 0.333. The molecule has 1 aliphatic heterocycles. The van der Waals surface area contributed by atoms with E-state index in [1.165, 1.54) is 5.56 Å². The lowest BCUT2D eigenvalue weighted by Crippen LogP contribution is -2.50. The van der Waals surface area contributed by atoms with Crippen molar-refractivity contribution in [3.63, 3.8) is 0 Å². The first-order valence-electron chi connectivity index (χ1n) is 9.00. The molecular formula is C21H23ClN2O2S. The van der Waals surface area contributed by atoms with Gasteiger partial charge in [-0.2, -0.15) is 0 Å². The maximum atomic E-state index is 12.7. The molecular weight excluding hydrogens is 380 g/mol. The van der Waals surface area contributed by atoms with E-state index in [-0.39, 0.29) is 17.1 Å². The van der Waals surface area contributed by atoms with Gasteiger partial charge in [-0.3, -0.25) is 9.59 Å². The molecule has 0 spiro atoms. The normalized spacial score (nSPS) is 15.5. The van der Waals surface area contributed by atoms with Crippen molar-refractivity contribution >= 4 is 35.2 Å². The van der Waals surface area contributed by atoms with Gasteiger partial charge in [-0.25, -0.2) is 0 Å². The number of halogens is 1. The molecule has 2 amide bonds. The minimum absolute atomic E-state index is 0.0726. The van der Waals surface area contributed by atoms with E-state index in [9.17, 15) is 9.59 Å². The van der Waals surface area contributed by atoms with Crippen LogP contribution >= 0.6 is 23.4 Å². The van der Waals surface area contributed by atoms with Crippen LogP contribution in [0.4, 0.5) is 0 Å². The van der Waals surface area contributed by atoms with Gasteiger partial charge in [-0.05, 0) is 23.3 Å². The van der Waals surface area contributed by atoms with Crippen molar-refractivity contribution in [1.82, 2.24) is 9.80 Å². The van der Waals surface area contributed by atoms with Crippen LogP contribution in [-0.4, -0.2) is 53.5 Å². The van der Waals surface area contributed by atoms with Crippen LogP contribution in [0.5, 0.6) is 0 Å². The van der Waals surface area contributed by atoms with Crippen molar-refractivity contribution in [2.75, 3.05) is 31.9 Å². The van der Waals surface area contributed by atoms with E-state index in [2.05, 4.69) is 12.1 Å². The first kappa shape index (κ1) is 19.8. The number of nitrogens with zero attached hydrogens (tertiary/aromatic N) is 2. The van der Waals surface area contributed by atoms with E-state index in [4.69, 9.17) is 11.6 Å². The van der Waals surface area contributed by atoms with Crippen LogP contribution in [0, 0.1) is 0 Å².